The van der Waals surface area contributed by atoms with Crippen molar-refractivity contribution in [1.82, 2.24) is 20.4 Å². The predicted molar refractivity (Wildman–Crippen MR) is 61.6 cm³/mol. The van der Waals surface area contributed by atoms with Crippen LogP contribution in [-0.4, -0.2) is 15.0 Å². The van der Waals surface area contributed by atoms with Crippen molar-refractivity contribution in [2.75, 3.05) is 0 Å². The molecule has 16 heavy (non-hydrogen) atoms. The molecule has 0 radical (unpaired) electrons. The van der Waals surface area contributed by atoms with Gasteiger partial charge in [-0.3, -0.25) is 10.8 Å². The number of nitrogens with one attached hydrogen (secondary N) is 2. The first-order chi connectivity index (χ1) is 7.81. The molecule has 0 spiro atoms. The Morgan fingerprint density at radius 1 is 1.50 bits per heavy atom. The third-order valence-electron chi connectivity index (χ3n) is 2.33. The molecular weight excluding hydrogens is 226 g/mol. The second-order valence-corrected chi connectivity index (χ2v) is 3.77. The second kappa shape index (κ2) is 5.07. The van der Waals surface area contributed by atoms with Crippen LogP contribution in [0.3, 0.4) is 0 Å². The number of pyridine rings is 1. The fourth-order valence-electron chi connectivity index (χ4n) is 1.49. The first-order valence-electron chi connectivity index (χ1n) is 4.85. The molecule has 5 nitrogen and oxygen atoms in total. The summed E-state index contributed by atoms with van der Waals surface area (Å²) in [5.74, 6) is 6.28. The van der Waals surface area contributed by atoms with E-state index < -0.39 is 0 Å². The molecule has 0 saturated heterocycles. The van der Waals surface area contributed by atoms with Crippen molar-refractivity contribution in [3.05, 3.63) is 47.3 Å². The Labute approximate surface area is 98.0 Å². The first-order valence-corrected chi connectivity index (χ1v) is 5.23. The molecule has 2 aromatic rings. The summed E-state index contributed by atoms with van der Waals surface area (Å²) in [7, 11) is 0. The van der Waals surface area contributed by atoms with Crippen LogP contribution < -0.4 is 11.3 Å². The van der Waals surface area contributed by atoms with Crippen LogP contribution in [0.2, 0.25) is 5.02 Å². The van der Waals surface area contributed by atoms with Gasteiger partial charge in [0.1, 0.15) is 5.82 Å². The fourth-order valence-corrected chi connectivity index (χ4v) is 1.69. The Morgan fingerprint density at radius 2 is 2.38 bits per heavy atom. The Balaban J connectivity index is 2.17. The van der Waals surface area contributed by atoms with Crippen molar-refractivity contribution in [1.29, 1.82) is 0 Å². The quantitative estimate of drug-likeness (QED) is 0.552. The van der Waals surface area contributed by atoms with Gasteiger partial charge in [-0.1, -0.05) is 11.6 Å². The number of hydrogen-bond acceptors (Lipinski definition) is 4. The van der Waals surface area contributed by atoms with Gasteiger partial charge in [0, 0.05) is 24.8 Å². The van der Waals surface area contributed by atoms with E-state index in [1.54, 1.807) is 24.8 Å². The van der Waals surface area contributed by atoms with Crippen molar-refractivity contribution in [3.8, 4) is 0 Å². The number of hydrogen-bond donors (Lipinski definition) is 3. The van der Waals surface area contributed by atoms with Gasteiger partial charge in [0.05, 0.1) is 11.1 Å². The van der Waals surface area contributed by atoms with E-state index in [0.717, 1.165) is 11.4 Å². The summed E-state index contributed by atoms with van der Waals surface area (Å²) in [6.45, 7) is 0. The number of aromatic amines is 1. The number of nitrogens with zero attached hydrogens (tertiary/aromatic N) is 2. The highest BCUT2D eigenvalue weighted by Gasteiger charge is 2.14. The summed E-state index contributed by atoms with van der Waals surface area (Å²) in [6, 6.07) is 1.78. The van der Waals surface area contributed by atoms with Gasteiger partial charge in [-0.05, 0) is 18.1 Å². The maximum atomic E-state index is 6.02. The molecule has 6 heteroatoms. The van der Waals surface area contributed by atoms with Crippen molar-refractivity contribution in [2.24, 2.45) is 5.84 Å². The number of imidazole rings is 1. The lowest BCUT2D eigenvalue weighted by molar-refractivity contribution is 0.527. The van der Waals surface area contributed by atoms with E-state index in [2.05, 4.69) is 20.4 Å². The molecule has 2 rings (SSSR count). The van der Waals surface area contributed by atoms with Gasteiger partial charge in [-0.25, -0.2) is 10.4 Å². The van der Waals surface area contributed by atoms with Crippen LogP contribution in [-0.2, 0) is 6.42 Å². The van der Waals surface area contributed by atoms with Gasteiger partial charge in [0.15, 0.2) is 0 Å². The van der Waals surface area contributed by atoms with E-state index in [1.165, 1.54) is 0 Å². The normalized spacial score (nSPS) is 12.6. The SMILES string of the molecule is NNC(Cc1ccncc1Cl)c1ncc[nH]1. The van der Waals surface area contributed by atoms with Crippen LogP contribution in [0.4, 0.5) is 0 Å². The molecular formula is C10H12ClN5. The third-order valence-corrected chi connectivity index (χ3v) is 2.67. The van der Waals surface area contributed by atoms with Gasteiger partial charge in [-0.2, -0.15) is 0 Å². The smallest absolute Gasteiger partial charge is 0.124 e. The third kappa shape index (κ3) is 2.38. The highest BCUT2D eigenvalue weighted by Crippen LogP contribution is 2.20. The number of halogens is 1. The summed E-state index contributed by atoms with van der Waals surface area (Å²) in [4.78, 5) is 11.1. The molecule has 2 aromatic heterocycles. The zero-order chi connectivity index (χ0) is 11.4. The summed E-state index contributed by atoms with van der Waals surface area (Å²) >= 11 is 6.02. The van der Waals surface area contributed by atoms with E-state index >= 15 is 0 Å². The Bertz CT molecular complexity index is 442. The minimum absolute atomic E-state index is 0.0881. The lowest BCUT2D eigenvalue weighted by atomic mass is 10.1. The number of nitrogens with two attached hydrogens (primary N) is 1. The lowest BCUT2D eigenvalue weighted by Crippen LogP contribution is -2.30. The molecule has 0 fully saturated rings. The number of H-pyrrole nitrogens is 1. The summed E-state index contributed by atoms with van der Waals surface area (Å²) in [6.07, 6.45) is 7.43. The molecule has 1 unspecified atom stereocenters. The zero-order valence-corrected chi connectivity index (χ0v) is 9.28. The lowest BCUT2D eigenvalue weighted by Gasteiger charge is -2.13. The average Bonchev–Trinajstić information content (AvgIpc) is 2.81. The van der Waals surface area contributed by atoms with Crippen molar-refractivity contribution >= 4 is 11.6 Å². The minimum atomic E-state index is -0.0881. The molecule has 1 atom stereocenters. The highest BCUT2D eigenvalue weighted by molar-refractivity contribution is 6.31. The van der Waals surface area contributed by atoms with Crippen LogP contribution in [0.1, 0.15) is 17.4 Å². The predicted octanol–water partition coefficient (Wildman–Crippen LogP) is 1.21. The van der Waals surface area contributed by atoms with Gasteiger partial charge >= 0.3 is 0 Å². The summed E-state index contributed by atoms with van der Waals surface area (Å²) in [5, 5.41) is 0.634. The molecule has 0 aliphatic carbocycles. The molecule has 84 valence electrons. The molecule has 2 heterocycles. The molecule has 0 aromatic carbocycles. The van der Waals surface area contributed by atoms with E-state index in [1.807, 2.05) is 6.07 Å². The molecule has 0 saturated carbocycles. The number of aromatic nitrogens is 3. The molecule has 0 amide bonds. The van der Waals surface area contributed by atoms with E-state index in [4.69, 9.17) is 17.4 Å². The van der Waals surface area contributed by atoms with Gasteiger partial charge in [-0.15, -0.1) is 0 Å². The maximum Gasteiger partial charge on any atom is 0.124 e. The molecule has 0 aliphatic heterocycles. The molecule has 0 aliphatic rings. The van der Waals surface area contributed by atoms with E-state index in [9.17, 15) is 0 Å². The zero-order valence-electron chi connectivity index (χ0n) is 8.52. The van der Waals surface area contributed by atoms with E-state index in [0.29, 0.717) is 11.4 Å². The van der Waals surface area contributed by atoms with Crippen LogP contribution in [0.5, 0.6) is 0 Å². The van der Waals surface area contributed by atoms with Crippen molar-refractivity contribution in [3.63, 3.8) is 0 Å². The number of rotatable bonds is 4. The summed E-state index contributed by atoms with van der Waals surface area (Å²) in [5.41, 5.74) is 3.69. The van der Waals surface area contributed by atoms with Gasteiger partial charge < -0.3 is 4.98 Å². The first kappa shape index (κ1) is 11.1. The van der Waals surface area contributed by atoms with Gasteiger partial charge in [0.2, 0.25) is 0 Å². The second-order valence-electron chi connectivity index (χ2n) is 3.36. The standard InChI is InChI=1S/C10H12ClN5/c11-8-6-13-2-1-7(8)5-9(16-12)10-14-3-4-15-10/h1-4,6,9,16H,5,12H2,(H,14,15). The van der Waals surface area contributed by atoms with E-state index in [-0.39, 0.29) is 6.04 Å². The van der Waals surface area contributed by atoms with Crippen molar-refractivity contribution < 1.29 is 0 Å². The van der Waals surface area contributed by atoms with Crippen LogP contribution in [0.25, 0.3) is 0 Å². The van der Waals surface area contributed by atoms with Crippen molar-refractivity contribution in [2.45, 2.75) is 12.5 Å². The van der Waals surface area contributed by atoms with Crippen LogP contribution in [0.15, 0.2) is 30.9 Å². The Morgan fingerprint density at radius 3 is 3.00 bits per heavy atom. The topological polar surface area (TPSA) is 79.6 Å². The Hall–Kier alpha value is -1.43. The van der Waals surface area contributed by atoms with Crippen LogP contribution in [0, 0.1) is 0 Å². The Kier molecular flexibility index (Phi) is 3.51. The monoisotopic (exact) mass is 237 g/mol. The van der Waals surface area contributed by atoms with Crippen LogP contribution >= 0.6 is 11.6 Å². The van der Waals surface area contributed by atoms with Gasteiger partial charge in [0.25, 0.3) is 0 Å². The minimum Gasteiger partial charge on any atom is -0.347 e. The molecule has 4 N–H and O–H groups in total. The number of hydrazine groups is 1. The molecule has 0 bridgehead atoms. The average molecular weight is 238 g/mol. The summed E-state index contributed by atoms with van der Waals surface area (Å²) < 4.78 is 0. The maximum absolute atomic E-state index is 6.02. The fraction of sp³-hybridized carbons (Fsp3) is 0.200. The largest absolute Gasteiger partial charge is 0.347 e. The highest BCUT2D eigenvalue weighted by atomic mass is 35.5.